The van der Waals surface area contributed by atoms with Crippen LogP contribution in [0, 0.1) is 5.82 Å². The molecule has 2 rings (SSSR count). The molecule has 21 heavy (non-hydrogen) atoms. The molecule has 1 aromatic rings. The topological polar surface area (TPSA) is 76.8 Å². The zero-order valence-corrected chi connectivity index (χ0v) is 12.2. The minimum atomic E-state index is -0.593. The average molecular weight is 297 g/mol. The van der Waals surface area contributed by atoms with E-state index in [0.29, 0.717) is 13.2 Å². The molecule has 3 N–H and O–H groups in total. The van der Waals surface area contributed by atoms with Crippen LogP contribution >= 0.6 is 0 Å². The van der Waals surface area contributed by atoms with Crippen molar-refractivity contribution in [3.05, 3.63) is 23.5 Å². The summed E-state index contributed by atoms with van der Waals surface area (Å²) >= 11 is 0. The molecule has 0 radical (unpaired) electrons. The van der Waals surface area contributed by atoms with Gasteiger partial charge in [0.15, 0.2) is 0 Å². The summed E-state index contributed by atoms with van der Waals surface area (Å²) < 4.78 is 24.1. The lowest BCUT2D eigenvalue weighted by molar-refractivity contribution is -0.0117. The quantitative estimate of drug-likeness (QED) is 0.636. The number of nitrogens with one attached hydrogen (secondary N) is 1. The molecule has 1 aromatic carbocycles. The number of benzene rings is 1. The van der Waals surface area contributed by atoms with Crippen molar-refractivity contribution >= 4 is 17.3 Å². The summed E-state index contributed by atoms with van der Waals surface area (Å²) in [5, 5.41) is 2.96. The number of ether oxygens (including phenoxy) is 2. The minimum Gasteiger partial charge on any atom is -0.465 e. The van der Waals surface area contributed by atoms with Crippen molar-refractivity contribution < 1.29 is 18.7 Å². The number of likely N-dealkylation sites (N-methyl/N-ethyl adjacent to an activating group) is 1. The third-order valence-electron chi connectivity index (χ3n) is 3.41. The van der Waals surface area contributed by atoms with Gasteiger partial charge in [-0.3, -0.25) is 0 Å². The zero-order valence-electron chi connectivity index (χ0n) is 12.2. The second-order valence-corrected chi connectivity index (χ2v) is 5.05. The normalized spacial score (nSPS) is 19.3. The number of hydrogen-bond donors (Lipinski definition) is 2. The number of rotatable bonds is 4. The molecule has 0 amide bonds. The highest BCUT2D eigenvalue weighted by atomic mass is 19.1. The SMILES string of the molecule is COC(=O)c1cc(NCC2CN(C)CCO2)c(F)cc1N. The Labute approximate surface area is 123 Å². The van der Waals surface area contributed by atoms with E-state index in [4.69, 9.17) is 10.5 Å². The Kier molecular flexibility index (Phi) is 4.98. The van der Waals surface area contributed by atoms with Gasteiger partial charge in [-0.15, -0.1) is 0 Å². The maximum absolute atomic E-state index is 13.9. The Hall–Kier alpha value is -1.86. The minimum absolute atomic E-state index is 0.0257. The summed E-state index contributed by atoms with van der Waals surface area (Å²) in [5.74, 6) is -1.10. The van der Waals surface area contributed by atoms with Crippen LogP contribution in [0.25, 0.3) is 0 Å². The fraction of sp³-hybridized carbons (Fsp3) is 0.500. The highest BCUT2D eigenvalue weighted by molar-refractivity contribution is 5.96. The van der Waals surface area contributed by atoms with E-state index >= 15 is 0 Å². The number of morpholine rings is 1. The van der Waals surface area contributed by atoms with E-state index < -0.39 is 11.8 Å². The predicted octanol–water partition coefficient (Wildman–Crippen LogP) is 0.937. The molecule has 1 heterocycles. The van der Waals surface area contributed by atoms with Gasteiger partial charge >= 0.3 is 5.97 Å². The number of esters is 1. The first-order chi connectivity index (χ1) is 10.0. The summed E-state index contributed by atoms with van der Waals surface area (Å²) in [7, 11) is 3.26. The molecule has 0 spiro atoms. The van der Waals surface area contributed by atoms with Crippen molar-refractivity contribution in [2.45, 2.75) is 6.10 Å². The van der Waals surface area contributed by atoms with E-state index in [9.17, 15) is 9.18 Å². The van der Waals surface area contributed by atoms with E-state index in [0.717, 1.165) is 19.2 Å². The summed E-state index contributed by atoms with van der Waals surface area (Å²) in [6.07, 6.45) is -0.0257. The summed E-state index contributed by atoms with van der Waals surface area (Å²) in [6.45, 7) is 2.76. The predicted molar refractivity (Wildman–Crippen MR) is 77.9 cm³/mol. The molecule has 116 valence electrons. The van der Waals surface area contributed by atoms with Crippen molar-refractivity contribution in [2.75, 3.05) is 51.4 Å². The van der Waals surface area contributed by atoms with Crippen molar-refractivity contribution in [1.29, 1.82) is 0 Å². The highest BCUT2D eigenvalue weighted by Crippen LogP contribution is 2.23. The molecule has 0 aliphatic carbocycles. The van der Waals surface area contributed by atoms with E-state index in [1.165, 1.54) is 13.2 Å². The van der Waals surface area contributed by atoms with Gasteiger partial charge < -0.3 is 25.4 Å². The zero-order chi connectivity index (χ0) is 15.4. The van der Waals surface area contributed by atoms with Crippen LogP contribution in [-0.4, -0.2) is 57.4 Å². The maximum atomic E-state index is 13.9. The van der Waals surface area contributed by atoms with Gasteiger partial charge in [-0.1, -0.05) is 0 Å². The second kappa shape index (κ2) is 6.73. The molecular weight excluding hydrogens is 277 g/mol. The number of nitrogens with two attached hydrogens (primary N) is 1. The fourth-order valence-corrected chi connectivity index (χ4v) is 2.22. The number of carbonyl (C=O) groups is 1. The van der Waals surface area contributed by atoms with Crippen molar-refractivity contribution in [1.82, 2.24) is 4.90 Å². The van der Waals surface area contributed by atoms with Crippen molar-refractivity contribution in [3.63, 3.8) is 0 Å². The summed E-state index contributed by atoms with van der Waals surface area (Å²) in [5.41, 5.74) is 6.03. The fourth-order valence-electron chi connectivity index (χ4n) is 2.22. The largest absolute Gasteiger partial charge is 0.465 e. The summed E-state index contributed by atoms with van der Waals surface area (Å²) in [6, 6.07) is 2.48. The van der Waals surface area contributed by atoms with Crippen LogP contribution in [0.15, 0.2) is 12.1 Å². The lowest BCUT2D eigenvalue weighted by Crippen LogP contribution is -2.43. The summed E-state index contributed by atoms with van der Waals surface area (Å²) in [4.78, 5) is 13.7. The highest BCUT2D eigenvalue weighted by Gasteiger charge is 2.19. The van der Waals surface area contributed by atoms with Gasteiger partial charge in [0.2, 0.25) is 0 Å². The monoisotopic (exact) mass is 297 g/mol. The molecule has 0 saturated carbocycles. The molecule has 1 fully saturated rings. The van der Waals surface area contributed by atoms with Crippen LogP contribution in [0.3, 0.4) is 0 Å². The van der Waals surface area contributed by atoms with Gasteiger partial charge in [0.1, 0.15) is 5.82 Å². The first-order valence-corrected chi connectivity index (χ1v) is 6.72. The molecule has 1 saturated heterocycles. The van der Waals surface area contributed by atoms with Crippen LogP contribution in [-0.2, 0) is 9.47 Å². The second-order valence-electron chi connectivity index (χ2n) is 5.05. The molecule has 0 bridgehead atoms. The van der Waals surface area contributed by atoms with Crippen LogP contribution < -0.4 is 11.1 Å². The van der Waals surface area contributed by atoms with E-state index in [-0.39, 0.29) is 23.0 Å². The number of anilines is 2. The smallest absolute Gasteiger partial charge is 0.340 e. The Morgan fingerprint density at radius 2 is 2.38 bits per heavy atom. The Balaban J connectivity index is 2.07. The maximum Gasteiger partial charge on any atom is 0.340 e. The Bertz CT molecular complexity index is 524. The first-order valence-electron chi connectivity index (χ1n) is 6.72. The van der Waals surface area contributed by atoms with E-state index in [1.54, 1.807) is 0 Å². The average Bonchev–Trinajstić information content (AvgIpc) is 2.45. The number of methoxy groups -OCH3 is 1. The number of nitrogens with zero attached hydrogens (tertiary/aromatic N) is 1. The van der Waals surface area contributed by atoms with Gasteiger partial charge in [-0.2, -0.15) is 0 Å². The van der Waals surface area contributed by atoms with Crippen LogP contribution in [0.4, 0.5) is 15.8 Å². The standard InChI is InChI=1S/C14H20FN3O3/c1-18-3-4-21-9(8-18)7-17-13-5-10(14(19)20-2)12(16)6-11(13)15/h5-6,9,17H,3-4,7-8,16H2,1-2H3. The number of hydrogen-bond acceptors (Lipinski definition) is 6. The van der Waals surface area contributed by atoms with Crippen LogP contribution in [0.2, 0.25) is 0 Å². The van der Waals surface area contributed by atoms with Gasteiger partial charge in [0, 0.05) is 25.3 Å². The van der Waals surface area contributed by atoms with Gasteiger partial charge in [0.05, 0.1) is 31.1 Å². The molecule has 6 nitrogen and oxygen atoms in total. The third-order valence-corrected chi connectivity index (χ3v) is 3.41. The third kappa shape index (κ3) is 3.83. The molecular formula is C14H20FN3O3. The van der Waals surface area contributed by atoms with E-state index in [1.807, 2.05) is 7.05 Å². The lowest BCUT2D eigenvalue weighted by atomic mass is 10.1. The molecule has 1 unspecified atom stereocenters. The molecule has 7 heteroatoms. The first kappa shape index (κ1) is 15.5. The Morgan fingerprint density at radius 1 is 1.62 bits per heavy atom. The molecule has 1 atom stereocenters. The van der Waals surface area contributed by atoms with Crippen LogP contribution in [0.1, 0.15) is 10.4 Å². The molecule has 1 aliphatic rings. The van der Waals surface area contributed by atoms with Crippen molar-refractivity contribution in [2.24, 2.45) is 0 Å². The van der Waals surface area contributed by atoms with Gasteiger partial charge in [-0.05, 0) is 19.2 Å². The van der Waals surface area contributed by atoms with E-state index in [2.05, 4.69) is 15.0 Å². The number of halogens is 1. The van der Waals surface area contributed by atoms with Crippen molar-refractivity contribution in [3.8, 4) is 0 Å². The molecule has 1 aliphatic heterocycles. The van der Waals surface area contributed by atoms with Crippen LogP contribution in [0.5, 0.6) is 0 Å². The van der Waals surface area contributed by atoms with Gasteiger partial charge in [-0.25, -0.2) is 9.18 Å². The number of nitrogen functional groups attached to an aromatic ring is 1. The van der Waals surface area contributed by atoms with Gasteiger partial charge in [0.25, 0.3) is 0 Å². The lowest BCUT2D eigenvalue weighted by Gasteiger charge is -2.30. The molecule has 0 aromatic heterocycles. The Morgan fingerprint density at radius 3 is 3.05 bits per heavy atom. The number of carbonyl (C=O) groups excluding carboxylic acids is 1.